The zero-order valence-corrected chi connectivity index (χ0v) is 20.0. The first-order valence-electron chi connectivity index (χ1n) is 11.0. The van der Waals surface area contributed by atoms with Gasteiger partial charge in [-0.2, -0.15) is 0 Å². The summed E-state index contributed by atoms with van der Waals surface area (Å²) in [7, 11) is 1.50. The molecule has 0 bridgehead atoms. The van der Waals surface area contributed by atoms with Gasteiger partial charge in [0.15, 0.2) is 6.61 Å². The third kappa shape index (κ3) is 5.05. The van der Waals surface area contributed by atoms with E-state index in [4.69, 9.17) is 21.1 Å². The number of nitrogens with one attached hydrogen (secondary N) is 1. The Morgan fingerprint density at radius 1 is 0.943 bits per heavy atom. The second-order valence-electron chi connectivity index (χ2n) is 7.69. The van der Waals surface area contributed by atoms with Crippen molar-refractivity contribution in [3.63, 3.8) is 0 Å². The molecule has 0 radical (unpaired) electrons. The normalized spacial score (nSPS) is 10.7. The van der Waals surface area contributed by atoms with E-state index in [0.717, 1.165) is 0 Å². The summed E-state index contributed by atoms with van der Waals surface area (Å²) in [5.74, 6) is -0.825. The molecule has 8 heteroatoms. The third-order valence-corrected chi connectivity index (χ3v) is 5.68. The monoisotopic (exact) mass is 490 g/mol. The molecule has 0 unspecified atom stereocenters. The van der Waals surface area contributed by atoms with Gasteiger partial charge in [-0.15, -0.1) is 0 Å². The van der Waals surface area contributed by atoms with Gasteiger partial charge in [-0.1, -0.05) is 54.1 Å². The van der Waals surface area contributed by atoms with Gasteiger partial charge in [-0.3, -0.25) is 9.59 Å². The minimum atomic E-state index is -0.798. The van der Waals surface area contributed by atoms with Crippen molar-refractivity contribution >= 4 is 39.9 Å². The zero-order valence-electron chi connectivity index (χ0n) is 19.2. The Labute approximate surface area is 206 Å². The highest BCUT2D eigenvalue weighted by molar-refractivity contribution is 6.30. The minimum absolute atomic E-state index is 0.0403. The quantitative estimate of drug-likeness (QED) is 0.366. The maximum Gasteiger partial charge on any atom is 0.356 e. The number of amides is 1. The average molecular weight is 491 g/mol. The molecule has 35 heavy (non-hydrogen) atoms. The van der Waals surface area contributed by atoms with Crippen molar-refractivity contribution < 1.29 is 19.1 Å². The molecule has 0 fully saturated rings. The number of esters is 1. The van der Waals surface area contributed by atoms with Crippen LogP contribution in [0.5, 0.6) is 5.75 Å². The van der Waals surface area contributed by atoms with Crippen LogP contribution < -0.4 is 15.6 Å². The zero-order chi connectivity index (χ0) is 24.9. The molecule has 4 rings (SSSR count). The Hall–Kier alpha value is -4.10. The number of halogens is 1. The lowest BCUT2D eigenvalue weighted by molar-refractivity contribution is -0.119. The number of anilines is 1. The number of hydrogen-bond acceptors (Lipinski definition) is 5. The molecule has 1 aromatic heterocycles. The van der Waals surface area contributed by atoms with Crippen LogP contribution in [-0.2, 0) is 16.6 Å². The summed E-state index contributed by atoms with van der Waals surface area (Å²) in [6.07, 6.45) is 0. The highest BCUT2D eigenvalue weighted by atomic mass is 35.5. The van der Waals surface area contributed by atoms with Crippen LogP contribution in [0.4, 0.5) is 5.69 Å². The molecule has 0 atom stereocenters. The first-order valence-corrected chi connectivity index (χ1v) is 11.3. The maximum atomic E-state index is 13.2. The van der Waals surface area contributed by atoms with Crippen molar-refractivity contribution in [1.82, 2.24) is 4.57 Å². The van der Waals surface area contributed by atoms with Gasteiger partial charge in [0.05, 0.1) is 12.3 Å². The Bertz CT molecular complexity index is 1460. The Kier molecular flexibility index (Phi) is 7.17. The smallest absolute Gasteiger partial charge is 0.356 e. The Morgan fingerprint density at radius 3 is 2.31 bits per heavy atom. The first kappa shape index (κ1) is 24.0. The van der Waals surface area contributed by atoms with E-state index < -0.39 is 18.5 Å². The predicted molar refractivity (Wildman–Crippen MR) is 136 cm³/mol. The molecule has 1 N–H and O–H groups in total. The molecule has 1 heterocycles. The van der Waals surface area contributed by atoms with E-state index >= 15 is 0 Å². The van der Waals surface area contributed by atoms with Gasteiger partial charge in [0.2, 0.25) is 0 Å². The fourth-order valence-corrected chi connectivity index (χ4v) is 3.98. The molecule has 178 valence electrons. The molecule has 1 amide bonds. The summed E-state index contributed by atoms with van der Waals surface area (Å²) in [6, 6.07) is 20.9. The molecule has 0 aliphatic carbocycles. The van der Waals surface area contributed by atoms with Crippen LogP contribution >= 0.6 is 11.6 Å². The largest absolute Gasteiger partial charge is 0.492 e. The van der Waals surface area contributed by atoms with E-state index in [2.05, 4.69) is 5.32 Å². The molecule has 3 aromatic carbocycles. The van der Waals surface area contributed by atoms with Crippen LogP contribution in [0, 0.1) is 0 Å². The number of benzene rings is 3. The predicted octanol–water partition coefficient (Wildman–Crippen LogP) is 5.05. The molecule has 7 nitrogen and oxygen atoms in total. The summed E-state index contributed by atoms with van der Waals surface area (Å²) >= 11 is 6.06. The molecular weight excluding hydrogens is 468 g/mol. The topological polar surface area (TPSA) is 86.6 Å². The van der Waals surface area contributed by atoms with Gasteiger partial charge in [-0.05, 0) is 48.2 Å². The molecule has 0 spiro atoms. The van der Waals surface area contributed by atoms with Crippen LogP contribution in [0.25, 0.3) is 21.9 Å². The number of nitrogens with zero attached hydrogens (tertiary/aromatic N) is 1. The molecule has 0 saturated carbocycles. The average Bonchev–Trinajstić information content (AvgIpc) is 2.86. The number of hydrogen-bond donors (Lipinski definition) is 1. The van der Waals surface area contributed by atoms with Crippen molar-refractivity contribution in [3.8, 4) is 16.9 Å². The second-order valence-corrected chi connectivity index (χ2v) is 8.13. The van der Waals surface area contributed by atoms with Crippen molar-refractivity contribution in [1.29, 1.82) is 0 Å². The summed E-state index contributed by atoms with van der Waals surface area (Å²) in [5.41, 5.74) is 1.36. The number of para-hydroxylation sites is 2. The molecule has 0 saturated heterocycles. The van der Waals surface area contributed by atoms with Crippen LogP contribution in [0.2, 0.25) is 5.02 Å². The Morgan fingerprint density at radius 2 is 1.60 bits per heavy atom. The van der Waals surface area contributed by atoms with E-state index in [1.807, 2.05) is 6.92 Å². The highest BCUT2D eigenvalue weighted by Crippen LogP contribution is 2.32. The number of carbonyl (C=O) groups is 2. The number of aromatic nitrogens is 1. The number of ether oxygens (including phenoxy) is 2. The van der Waals surface area contributed by atoms with Gasteiger partial charge in [-0.25, -0.2) is 4.79 Å². The highest BCUT2D eigenvalue weighted by Gasteiger charge is 2.23. The molecule has 4 aromatic rings. The van der Waals surface area contributed by atoms with E-state index in [1.54, 1.807) is 72.8 Å². The lowest BCUT2D eigenvalue weighted by Gasteiger charge is -2.17. The lowest BCUT2D eigenvalue weighted by Crippen LogP contribution is -2.28. The third-order valence-electron chi connectivity index (χ3n) is 5.43. The van der Waals surface area contributed by atoms with Crippen molar-refractivity contribution in [2.75, 3.05) is 18.5 Å². The fraction of sp³-hybridized carbons (Fsp3) is 0.148. The van der Waals surface area contributed by atoms with Crippen LogP contribution in [-0.4, -0.2) is 29.7 Å². The Balaban J connectivity index is 1.67. The summed E-state index contributed by atoms with van der Waals surface area (Å²) in [4.78, 5) is 38.8. The molecular formula is C27H23ClN2O5. The minimum Gasteiger partial charge on any atom is -0.492 e. The van der Waals surface area contributed by atoms with Crippen molar-refractivity contribution in [2.24, 2.45) is 7.05 Å². The van der Waals surface area contributed by atoms with Crippen molar-refractivity contribution in [2.45, 2.75) is 6.92 Å². The van der Waals surface area contributed by atoms with Crippen LogP contribution in [0.15, 0.2) is 77.6 Å². The number of carbonyl (C=O) groups excluding carboxylic acids is 2. The van der Waals surface area contributed by atoms with Gasteiger partial charge in [0.1, 0.15) is 11.4 Å². The van der Waals surface area contributed by atoms with Crippen LogP contribution in [0.1, 0.15) is 17.4 Å². The standard InChI is InChI=1S/C27H23ClN2O5/c1-3-34-22-11-7-6-10-21(22)29-23(31)16-35-27(33)25-24(17-12-14-18(28)15-13-17)19-8-4-5-9-20(19)26(32)30(25)2/h4-15H,3,16H2,1-2H3,(H,29,31). The van der Waals surface area contributed by atoms with Crippen LogP contribution in [0.3, 0.4) is 0 Å². The molecule has 0 aliphatic heterocycles. The number of pyridine rings is 1. The number of fused-ring (bicyclic) bond motifs is 1. The summed E-state index contributed by atoms with van der Waals surface area (Å²) < 4.78 is 12.1. The van der Waals surface area contributed by atoms with Gasteiger partial charge < -0.3 is 19.4 Å². The first-order chi connectivity index (χ1) is 16.9. The van der Waals surface area contributed by atoms with E-state index in [-0.39, 0.29) is 11.3 Å². The number of rotatable bonds is 7. The van der Waals surface area contributed by atoms with Gasteiger partial charge >= 0.3 is 5.97 Å². The molecule has 0 aliphatic rings. The van der Waals surface area contributed by atoms with Gasteiger partial charge in [0.25, 0.3) is 11.5 Å². The van der Waals surface area contributed by atoms with Gasteiger partial charge in [0, 0.05) is 23.0 Å². The summed E-state index contributed by atoms with van der Waals surface area (Å²) in [6.45, 7) is 1.73. The fourth-order valence-electron chi connectivity index (χ4n) is 3.85. The SMILES string of the molecule is CCOc1ccccc1NC(=O)COC(=O)c1c(-c2ccc(Cl)cc2)c2ccccc2c(=O)n1C. The summed E-state index contributed by atoms with van der Waals surface area (Å²) in [5, 5.41) is 4.28. The second kappa shape index (κ2) is 10.4. The maximum absolute atomic E-state index is 13.2. The van der Waals surface area contributed by atoms with E-state index in [9.17, 15) is 14.4 Å². The van der Waals surface area contributed by atoms with E-state index in [0.29, 0.717) is 45.0 Å². The van der Waals surface area contributed by atoms with E-state index in [1.165, 1.54) is 11.6 Å². The lowest BCUT2D eigenvalue weighted by atomic mass is 9.97. The van der Waals surface area contributed by atoms with Crippen molar-refractivity contribution in [3.05, 3.63) is 93.9 Å².